The number of benzene rings is 1. The second kappa shape index (κ2) is 5.45. The van der Waals surface area contributed by atoms with E-state index in [9.17, 15) is 9.90 Å². The van der Waals surface area contributed by atoms with Crippen LogP contribution in [-0.4, -0.2) is 17.2 Å². The van der Waals surface area contributed by atoms with E-state index in [1.807, 2.05) is 0 Å². The minimum Gasteiger partial charge on any atom is -0.457 e. The maximum atomic E-state index is 11.6. The summed E-state index contributed by atoms with van der Waals surface area (Å²) in [6.45, 7) is 3.67. The summed E-state index contributed by atoms with van der Waals surface area (Å²) in [4.78, 5) is 11.6. The largest absolute Gasteiger partial charge is 0.457 e. The van der Waals surface area contributed by atoms with Crippen LogP contribution >= 0.6 is 0 Å². The Morgan fingerprint density at radius 3 is 2.71 bits per heavy atom. The Bertz CT molecular complexity index is 541. The van der Waals surface area contributed by atoms with Gasteiger partial charge in [-0.3, -0.25) is 4.79 Å². The number of aliphatic hydroxyl groups excluding tert-OH is 1. The van der Waals surface area contributed by atoms with Gasteiger partial charge in [-0.1, -0.05) is 25.1 Å². The number of aryl methyl sites for hydroxylation is 1. The Balaban J connectivity index is 2.00. The highest BCUT2D eigenvalue weighted by atomic mass is 16.5. The summed E-state index contributed by atoms with van der Waals surface area (Å²) in [5.74, 6) is -0.208. The zero-order valence-electron chi connectivity index (χ0n) is 12.9. The number of hydrogen-bond acceptors (Lipinski definition) is 3. The number of esters is 1. The molecule has 0 aliphatic heterocycles. The molecule has 0 saturated heterocycles. The first-order valence-electron chi connectivity index (χ1n) is 8.01. The molecule has 2 aliphatic rings. The lowest BCUT2D eigenvalue weighted by molar-refractivity contribution is -0.156. The minimum atomic E-state index is -0.208. The number of rotatable bonds is 2. The molecule has 0 aromatic heterocycles. The molecule has 3 rings (SSSR count). The molecule has 3 heteroatoms. The fraction of sp³-hybridized carbons (Fsp3) is 0.611. The Morgan fingerprint density at radius 2 is 2.10 bits per heavy atom. The van der Waals surface area contributed by atoms with Gasteiger partial charge in [0.2, 0.25) is 0 Å². The van der Waals surface area contributed by atoms with Crippen molar-refractivity contribution >= 4 is 5.97 Å². The Kier molecular flexibility index (Phi) is 3.78. The quantitative estimate of drug-likeness (QED) is 0.849. The average molecular weight is 288 g/mol. The summed E-state index contributed by atoms with van der Waals surface area (Å²) in [5.41, 5.74) is 3.94. The first kappa shape index (κ1) is 14.6. The van der Waals surface area contributed by atoms with Crippen LogP contribution in [0.25, 0.3) is 0 Å². The molecule has 1 atom stereocenters. The van der Waals surface area contributed by atoms with Crippen molar-refractivity contribution in [3.63, 3.8) is 0 Å². The van der Waals surface area contributed by atoms with E-state index in [1.54, 1.807) is 0 Å². The molecule has 1 spiro atoms. The third kappa shape index (κ3) is 2.48. The number of carbonyl (C=O) groups excluding carboxylic acids is 1. The summed E-state index contributed by atoms with van der Waals surface area (Å²) < 4.78 is 5.75. The van der Waals surface area contributed by atoms with Gasteiger partial charge in [0.25, 0.3) is 0 Å². The Labute approximate surface area is 126 Å². The molecule has 1 fully saturated rings. The fourth-order valence-corrected chi connectivity index (χ4v) is 4.19. The number of carbonyl (C=O) groups is 1. The lowest BCUT2D eigenvalue weighted by Crippen LogP contribution is -2.35. The van der Waals surface area contributed by atoms with Crippen molar-refractivity contribution in [1.29, 1.82) is 0 Å². The van der Waals surface area contributed by atoms with Gasteiger partial charge in [-0.05, 0) is 55.2 Å². The molecule has 0 bridgehead atoms. The van der Waals surface area contributed by atoms with E-state index >= 15 is 0 Å². The topological polar surface area (TPSA) is 46.5 Å². The third-order valence-electron chi connectivity index (χ3n) is 5.29. The van der Waals surface area contributed by atoms with Crippen molar-refractivity contribution in [1.82, 2.24) is 0 Å². The van der Waals surface area contributed by atoms with E-state index in [2.05, 4.69) is 25.1 Å². The van der Waals surface area contributed by atoms with Crippen LogP contribution in [0.5, 0.6) is 0 Å². The van der Waals surface area contributed by atoms with Gasteiger partial charge in [0, 0.05) is 12.3 Å². The SMILES string of the molecule is CCc1cccc2c1CC1(CCC(O)CC1)C2OC(C)=O. The van der Waals surface area contributed by atoms with Crippen LogP contribution in [-0.2, 0) is 22.4 Å². The zero-order valence-corrected chi connectivity index (χ0v) is 12.9. The highest BCUT2D eigenvalue weighted by molar-refractivity contribution is 5.67. The van der Waals surface area contributed by atoms with Crippen molar-refractivity contribution in [3.05, 3.63) is 34.9 Å². The van der Waals surface area contributed by atoms with Crippen LogP contribution in [0.1, 0.15) is 62.3 Å². The third-order valence-corrected chi connectivity index (χ3v) is 5.29. The summed E-state index contributed by atoms with van der Waals surface area (Å²) in [6, 6.07) is 6.37. The predicted octanol–water partition coefficient (Wildman–Crippen LogP) is 3.33. The molecule has 114 valence electrons. The number of ether oxygens (including phenoxy) is 1. The monoisotopic (exact) mass is 288 g/mol. The Hall–Kier alpha value is -1.35. The predicted molar refractivity (Wildman–Crippen MR) is 80.9 cm³/mol. The first-order valence-corrected chi connectivity index (χ1v) is 8.01. The fourth-order valence-electron chi connectivity index (χ4n) is 4.19. The number of hydrogen-bond donors (Lipinski definition) is 1. The molecule has 2 aliphatic carbocycles. The van der Waals surface area contributed by atoms with Gasteiger partial charge >= 0.3 is 5.97 Å². The second-order valence-corrected chi connectivity index (χ2v) is 6.60. The van der Waals surface area contributed by atoms with Crippen LogP contribution in [0.4, 0.5) is 0 Å². The van der Waals surface area contributed by atoms with Crippen LogP contribution in [0.2, 0.25) is 0 Å². The van der Waals surface area contributed by atoms with Gasteiger partial charge < -0.3 is 9.84 Å². The van der Waals surface area contributed by atoms with E-state index < -0.39 is 0 Å². The van der Waals surface area contributed by atoms with E-state index in [0.29, 0.717) is 0 Å². The van der Waals surface area contributed by atoms with Crippen LogP contribution in [0.3, 0.4) is 0 Å². The molecule has 1 saturated carbocycles. The molecule has 1 N–H and O–H groups in total. The number of aliphatic hydroxyl groups is 1. The van der Waals surface area contributed by atoms with Crippen molar-refractivity contribution in [3.8, 4) is 0 Å². The average Bonchev–Trinajstić information content (AvgIpc) is 2.76. The van der Waals surface area contributed by atoms with E-state index in [1.165, 1.54) is 23.6 Å². The lowest BCUT2D eigenvalue weighted by atomic mass is 9.69. The summed E-state index contributed by atoms with van der Waals surface area (Å²) in [5, 5.41) is 9.83. The van der Waals surface area contributed by atoms with Crippen LogP contribution < -0.4 is 0 Å². The van der Waals surface area contributed by atoms with Crippen molar-refractivity contribution < 1.29 is 14.6 Å². The van der Waals surface area contributed by atoms with Crippen LogP contribution in [0.15, 0.2) is 18.2 Å². The Morgan fingerprint density at radius 1 is 1.38 bits per heavy atom. The van der Waals surface area contributed by atoms with Gasteiger partial charge in [-0.2, -0.15) is 0 Å². The van der Waals surface area contributed by atoms with Gasteiger partial charge in [-0.25, -0.2) is 0 Å². The van der Waals surface area contributed by atoms with E-state index in [0.717, 1.165) is 38.5 Å². The van der Waals surface area contributed by atoms with Gasteiger partial charge in [0.1, 0.15) is 6.10 Å². The lowest BCUT2D eigenvalue weighted by Gasteiger charge is -2.40. The normalized spacial score (nSPS) is 31.2. The molecule has 0 amide bonds. The molecular weight excluding hydrogens is 264 g/mol. The van der Waals surface area contributed by atoms with Gasteiger partial charge in [0.05, 0.1) is 6.10 Å². The zero-order chi connectivity index (χ0) is 15.0. The van der Waals surface area contributed by atoms with E-state index in [4.69, 9.17) is 4.74 Å². The smallest absolute Gasteiger partial charge is 0.303 e. The van der Waals surface area contributed by atoms with E-state index in [-0.39, 0.29) is 23.6 Å². The molecule has 21 heavy (non-hydrogen) atoms. The molecular formula is C18H24O3. The molecule has 0 heterocycles. The standard InChI is InChI=1S/C18H24O3/c1-3-13-5-4-6-15-16(13)11-18(17(15)21-12(2)19)9-7-14(20)8-10-18/h4-6,14,17,20H,3,7-11H2,1-2H3. The maximum absolute atomic E-state index is 11.6. The van der Waals surface area contributed by atoms with Crippen molar-refractivity contribution in [2.24, 2.45) is 5.41 Å². The molecule has 1 unspecified atom stereocenters. The first-order chi connectivity index (χ1) is 10.1. The molecule has 3 nitrogen and oxygen atoms in total. The van der Waals surface area contributed by atoms with Crippen molar-refractivity contribution in [2.45, 2.75) is 64.6 Å². The van der Waals surface area contributed by atoms with Crippen molar-refractivity contribution in [2.75, 3.05) is 0 Å². The van der Waals surface area contributed by atoms with Gasteiger partial charge in [0.15, 0.2) is 0 Å². The molecule has 1 aromatic rings. The second-order valence-electron chi connectivity index (χ2n) is 6.60. The highest BCUT2D eigenvalue weighted by Crippen LogP contribution is 2.56. The number of fused-ring (bicyclic) bond motifs is 1. The maximum Gasteiger partial charge on any atom is 0.303 e. The van der Waals surface area contributed by atoms with Gasteiger partial charge in [-0.15, -0.1) is 0 Å². The minimum absolute atomic E-state index is 0.00148. The van der Waals surface area contributed by atoms with Crippen LogP contribution in [0, 0.1) is 5.41 Å². The molecule has 1 aromatic carbocycles. The summed E-state index contributed by atoms with van der Waals surface area (Å²) >= 11 is 0. The highest BCUT2D eigenvalue weighted by Gasteiger charge is 2.50. The molecule has 0 radical (unpaired) electrons. The summed E-state index contributed by atoms with van der Waals surface area (Å²) in [6.07, 6.45) is 5.16. The summed E-state index contributed by atoms with van der Waals surface area (Å²) in [7, 11) is 0.